The van der Waals surface area contributed by atoms with E-state index in [1.807, 2.05) is 6.26 Å². The molecule has 0 spiro atoms. The maximum atomic E-state index is 12.4. The van der Waals surface area contributed by atoms with Crippen molar-refractivity contribution in [2.75, 3.05) is 24.4 Å². The van der Waals surface area contributed by atoms with Crippen molar-refractivity contribution in [1.29, 1.82) is 0 Å². The number of thioether (sulfide) groups is 1. The van der Waals surface area contributed by atoms with E-state index < -0.39 is 54.5 Å². The molecule has 0 heterocycles. The molecule has 4 unspecified atom stereocenters. The summed E-state index contributed by atoms with van der Waals surface area (Å²) in [5, 5.41) is 24.8. The Balaban J connectivity index is 4.98. The standard InChI is InChI=1S/C14H26N4O6S2/c1-7(14(23)24)16-13(22)10(6-25)18-12(21)9(3-4-26-2)17-11(20)8(15)5-19/h7-10,19,25H,3-6,15H2,1-2H3,(H,16,22)(H,17,20)(H,18,21)(H,23,24). The van der Waals surface area contributed by atoms with Crippen LogP contribution in [0.25, 0.3) is 0 Å². The Hall–Kier alpha value is -1.50. The highest BCUT2D eigenvalue weighted by atomic mass is 32.2. The molecule has 7 N–H and O–H groups in total. The molecule has 0 saturated heterocycles. The van der Waals surface area contributed by atoms with Crippen molar-refractivity contribution in [2.45, 2.75) is 37.5 Å². The lowest BCUT2D eigenvalue weighted by atomic mass is 10.1. The van der Waals surface area contributed by atoms with Gasteiger partial charge < -0.3 is 31.9 Å². The van der Waals surface area contributed by atoms with E-state index in [1.165, 1.54) is 18.7 Å². The lowest BCUT2D eigenvalue weighted by molar-refractivity contribution is -0.141. The second-order valence-electron chi connectivity index (χ2n) is 5.44. The van der Waals surface area contributed by atoms with Crippen molar-refractivity contribution in [2.24, 2.45) is 5.73 Å². The van der Waals surface area contributed by atoms with E-state index in [4.69, 9.17) is 15.9 Å². The molecule has 0 aliphatic heterocycles. The number of rotatable bonds is 12. The van der Waals surface area contributed by atoms with Crippen LogP contribution in [0, 0.1) is 0 Å². The summed E-state index contributed by atoms with van der Waals surface area (Å²) in [5.41, 5.74) is 5.42. The van der Waals surface area contributed by atoms with Crippen molar-refractivity contribution in [3.8, 4) is 0 Å². The molecular formula is C14H26N4O6S2. The van der Waals surface area contributed by atoms with Crippen molar-refractivity contribution < 1.29 is 29.4 Å². The summed E-state index contributed by atoms with van der Waals surface area (Å²) in [7, 11) is 0. The molecule has 0 fully saturated rings. The zero-order valence-corrected chi connectivity index (χ0v) is 16.3. The maximum Gasteiger partial charge on any atom is 0.325 e. The molecule has 26 heavy (non-hydrogen) atoms. The third-order valence-electron chi connectivity index (χ3n) is 3.32. The number of hydrogen-bond donors (Lipinski definition) is 7. The quantitative estimate of drug-likeness (QED) is 0.174. The molecule has 0 aliphatic carbocycles. The van der Waals surface area contributed by atoms with E-state index in [1.54, 1.807) is 0 Å². The van der Waals surface area contributed by atoms with Crippen LogP contribution >= 0.6 is 24.4 Å². The molecule has 10 nitrogen and oxygen atoms in total. The van der Waals surface area contributed by atoms with Gasteiger partial charge in [0, 0.05) is 5.75 Å². The Morgan fingerprint density at radius 3 is 2.08 bits per heavy atom. The average molecular weight is 411 g/mol. The van der Waals surface area contributed by atoms with E-state index in [0.29, 0.717) is 5.75 Å². The maximum absolute atomic E-state index is 12.4. The third kappa shape index (κ3) is 8.74. The van der Waals surface area contributed by atoms with Crippen LogP contribution in [-0.2, 0) is 19.2 Å². The van der Waals surface area contributed by atoms with Gasteiger partial charge in [0.05, 0.1) is 6.61 Å². The number of thiol groups is 1. The van der Waals surface area contributed by atoms with Gasteiger partial charge in [-0.25, -0.2) is 0 Å². The highest BCUT2D eigenvalue weighted by molar-refractivity contribution is 7.98. The van der Waals surface area contributed by atoms with Crippen LogP contribution < -0.4 is 21.7 Å². The molecule has 0 aromatic rings. The SMILES string of the molecule is CSCCC(NC(=O)C(N)CO)C(=O)NC(CS)C(=O)NC(C)C(=O)O. The Kier molecular flexibility index (Phi) is 12.1. The van der Waals surface area contributed by atoms with Crippen molar-refractivity contribution in [1.82, 2.24) is 16.0 Å². The zero-order valence-electron chi connectivity index (χ0n) is 14.6. The molecule has 0 saturated carbocycles. The predicted molar refractivity (Wildman–Crippen MR) is 101 cm³/mol. The van der Waals surface area contributed by atoms with Crippen LogP contribution in [0.4, 0.5) is 0 Å². The van der Waals surface area contributed by atoms with Gasteiger partial charge in [-0.1, -0.05) is 0 Å². The fourth-order valence-corrected chi connectivity index (χ4v) is 2.44. The number of carbonyl (C=O) groups is 4. The van der Waals surface area contributed by atoms with Crippen molar-refractivity contribution in [3.63, 3.8) is 0 Å². The van der Waals surface area contributed by atoms with Crippen LogP contribution in [0.5, 0.6) is 0 Å². The Morgan fingerprint density at radius 2 is 1.62 bits per heavy atom. The first-order valence-electron chi connectivity index (χ1n) is 7.78. The topological polar surface area (TPSA) is 171 Å². The molecule has 4 atom stereocenters. The monoisotopic (exact) mass is 410 g/mol. The summed E-state index contributed by atoms with van der Waals surface area (Å²) in [6, 6.07) is -4.33. The van der Waals surface area contributed by atoms with Gasteiger partial charge in [-0.2, -0.15) is 24.4 Å². The smallest absolute Gasteiger partial charge is 0.325 e. The largest absolute Gasteiger partial charge is 0.480 e. The van der Waals surface area contributed by atoms with E-state index in [9.17, 15) is 19.2 Å². The molecule has 150 valence electrons. The number of aliphatic hydroxyl groups excluding tert-OH is 1. The van der Waals surface area contributed by atoms with Crippen LogP contribution in [0.1, 0.15) is 13.3 Å². The number of nitrogens with one attached hydrogen (secondary N) is 3. The number of nitrogens with two attached hydrogens (primary N) is 1. The fourth-order valence-electron chi connectivity index (χ4n) is 1.71. The van der Waals surface area contributed by atoms with Gasteiger partial charge in [0.15, 0.2) is 0 Å². The first-order valence-corrected chi connectivity index (χ1v) is 9.80. The second kappa shape index (κ2) is 12.8. The second-order valence-corrected chi connectivity index (χ2v) is 6.79. The summed E-state index contributed by atoms with van der Waals surface area (Å²) in [6.07, 6.45) is 2.11. The Morgan fingerprint density at radius 1 is 1.08 bits per heavy atom. The normalized spacial score (nSPS) is 15.3. The average Bonchev–Trinajstić information content (AvgIpc) is 2.61. The van der Waals surface area contributed by atoms with E-state index in [2.05, 4.69) is 28.6 Å². The summed E-state index contributed by atoms with van der Waals surface area (Å²) in [5.74, 6) is -2.75. The Bertz CT molecular complexity index is 508. The molecular weight excluding hydrogens is 384 g/mol. The number of carbonyl (C=O) groups excluding carboxylic acids is 3. The number of carboxylic acids is 1. The summed E-state index contributed by atoms with van der Waals surface area (Å²) in [4.78, 5) is 47.1. The summed E-state index contributed by atoms with van der Waals surface area (Å²) < 4.78 is 0. The van der Waals surface area contributed by atoms with Crippen molar-refractivity contribution in [3.05, 3.63) is 0 Å². The van der Waals surface area contributed by atoms with Gasteiger partial charge in [-0.3, -0.25) is 19.2 Å². The highest BCUT2D eigenvalue weighted by Gasteiger charge is 2.28. The van der Waals surface area contributed by atoms with E-state index >= 15 is 0 Å². The minimum absolute atomic E-state index is 0.0662. The lowest BCUT2D eigenvalue weighted by Crippen LogP contribution is -2.57. The van der Waals surface area contributed by atoms with Gasteiger partial charge in [0.1, 0.15) is 24.2 Å². The highest BCUT2D eigenvalue weighted by Crippen LogP contribution is 2.03. The molecule has 0 radical (unpaired) electrons. The minimum atomic E-state index is -1.22. The predicted octanol–water partition coefficient (Wildman–Crippen LogP) is -2.45. The van der Waals surface area contributed by atoms with Gasteiger partial charge >= 0.3 is 5.97 Å². The summed E-state index contributed by atoms with van der Waals surface area (Å²) >= 11 is 5.45. The van der Waals surface area contributed by atoms with E-state index in [-0.39, 0.29) is 12.2 Å². The third-order valence-corrected chi connectivity index (χ3v) is 4.33. The minimum Gasteiger partial charge on any atom is -0.480 e. The molecule has 0 bridgehead atoms. The van der Waals surface area contributed by atoms with Gasteiger partial charge in [0.25, 0.3) is 0 Å². The first-order chi connectivity index (χ1) is 12.2. The molecule has 0 rings (SSSR count). The number of aliphatic hydroxyl groups is 1. The molecule has 12 heteroatoms. The lowest BCUT2D eigenvalue weighted by Gasteiger charge is -2.23. The number of hydrogen-bond acceptors (Lipinski definition) is 8. The molecule has 3 amide bonds. The van der Waals surface area contributed by atoms with Crippen LogP contribution in [0.3, 0.4) is 0 Å². The van der Waals surface area contributed by atoms with Crippen LogP contribution in [0.2, 0.25) is 0 Å². The Labute approximate surface area is 161 Å². The van der Waals surface area contributed by atoms with Gasteiger partial charge in [-0.05, 0) is 25.4 Å². The molecule has 0 aliphatic rings. The van der Waals surface area contributed by atoms with Gasteiger partial charge in [0.2, 0.25) is 17.7 Å². The van der Waals surface area contributed by atoms with E-state index in [0.717, 1.165) is 0 Å². The molecule has 0 aromatic carbocycles. The zero-order chi connectivity index (χ0) is 20.3. The first kappa shape index (κ1) is 24.5. The van der Waals surface area contributed by atoms with Crippen LogP contribution in [-0.4, -0.2) is 82.4 Å². The van der Waals surface area contributed by atoms with Crippen LogP contribution in [0.15, 0.2) is 0 Å². The van der Waals surface area contributed by atoms with Gasteiger partial charge in [-0.15, -0.1) is 0 Å². The molecule has 0 aromatic heterocycles. The fraction of sp³-hybridized carbons (Fsp3) is 0.714. The summed E-state index contributed by atoms with van der Waals surface area (Å²) in [6.45, 7) is 0.715. The number of amides is 3. The van der Waals surface area contributed by atoms with Crippen molar-refractivity contribution >= 4 is 48.1 Å². The number of aliphatic carboxylic acids is 1. The number of carboxylic acid groups (broad SMARTS) is 1.